The molecular weight excluding hydrogens is 238 g/mol. The van der Waals surface area contributed by atoms with Crippen LogP contribution in [-0.2, 0) is 9.53 Å². The number of hydrogen-bond donors (Lipinski definition) is 1. The highest BCUT2D eigenvalue weighted by molar-refractivity contribution is 5.70. The largest absolute Gasteiger partial charge is 0.466 e. The van der Waals surface area contributed by atoms with Crippen LogP contribution in [0, 0.1) is 5.41 Å². The van der Waals surface area contributed by atoms with E-state index in [4.69, 9.17) is 10.5 Å². The quantitative estimate of drug-likeness (QED) is 0.650. The van der Waals surface area contributed by atoms with Crippen molar-refractivity contribution < 1.29 is 9.53 Å². The monoisotopic (exact) mass is 263 g/mol. The van der Waals surface area contributed by atoms with Gasteiger partial charge in [-0.25, -0.2) is 0 Å². The van der Waals surface area contributed by atoms with Crippen LogP contribution in [0.5, 0.6) is 0 Å². The van der Waals surface area contributed by atoms with E-state index >= 15 is 0 Å². The molecule has 0 aromatic heterocycles. The van der Waals surface area contributed by atoms with Crippen LogP contribution in [0.15, 0.2) is 24.3 Å². The van der Waals surface area contributed by atoms with Crippen molar-refractivity contribution >= 4 is 11.7 Å². The predicted molar refractivity (Wildman–Crippen MR) is 78.9 cm³/mol. The van der Waals surface area contributed by atoms with E-state index in [0.29, 0.717) is 13.0 Å². The molecular formula is C16H25NO2. The molecule has 3 nitrogen and oxygen atoms in total. The smallest absolute Gasteiger partial charge is 0.306 e. The van der Waals surface area contributed by atoms with Gasteiger partial charge in [-0.1, -0.05) is 39.8 Å². The van der Waals surface area contributed by atoms with Gasteiger partial charge in [-0.3, -0.25) is 4.79 Å². The number of ether oxygens (including phenoxy) is 1. The molecule has 106 valence electrons. The zero-order chi connectivity index (χ0) is 14.5. The number of hydrogen-bond acceptors (Lipinski definition) is 3. The van der Waals surface area contributed by atoms with Crippen molar-refractivity contribution in [3.63, 3.8) is 0 Å². The molecule has 1 atom stereocenters. The molecule has 3 heteroatoms. The van der Waals surface area contributed by atoms with E-state index in [1.807, 2.05) is 31.2 Å². The molecule has 0 heterocycles. The summed E-state index contributed by atoms with van der Waals surface area (Å²) in [5.41, 5.74) is 7.69. The van der Waals surface area contributed by atoms with Crippen molar-refractivity contribution in [2.45, 2.75) is 46.5 Å². The van der Waals surface area contributed by atoms with Crippen molar-refractivity contribution in [1.82, 2.24) is 0 Å². The molecule has 0 aliphatic carbocycles. The summed E-state index contributed by atoms with van der Waals surface area (Å²) in [7, 11) is 0. The number of carbonyl (C=O) groups excluding carboxylic acids is 1. The second kappa shape index (κ2) is 6.60. The first-order valence-corrected chi connectivity index (χ1v) is 6.79. The number of nitrogens with two attached hydrogens (primary N) is 1. The lowest BCUT2D eigenvalue weighted by molar-refractivity contribution is -0.144. The standard InChI is InChI=1S/C16H25NO2/c1-12(13-5-7-14(17)8-6-13)11-15(18)19-10-9-16(2,3)4/h5-8,12H,9-11,17H2,1-4H3. The fourth-order valence-electron chi connectivity index (χ4n) is 1.72. The van der Waals surface area contributed by atoms with E-state index in [2.05, 4.69) is 20.8 Å². The first kappa shape index (κ1) is 15.5. The van der Waals surface area contributed by atoms with Crippen LogP contribution in [0.25, 0.3) is 0 Å². The number of esters is 1. The number of nitrogen functional groups attached to an aromatic ring is 1. The summed E-state index contributed by atoms with van der Waals surface area (Å²) in [4.78, 5) is 11.7. The molecule has 0 aliphatic rings. The van der Waals surface area contributed by atoms with Gasteiger partial charge in [-0.15, -0.1) is 0 Å². The van der Waals surface area contributed by atoms with E-state index in [9.17, 15) is 4.79 Å². The zero-order valence-electron chi connectivity index (χ0n) is 12.4. The minimum atomic E-state index is -0.131. The minimum absolute atomic E-state index is 0.131. The van der Waals surface area contributed by atoms with E-state index in [-0.39, 0.29) is 17.3 Å². The Balaban J connectivity index is 2.38. The Morgan fingerprint density at radius 2 is 1.84 bits per heavy atom. The lowest BCUT2D eigenvalue weighted by Crippen LogP contribution is -2.14. The highest BCUT2D eigenvalue weighted by Gasteiger charge is 2.14. The van der Waals surface area contributed by atoms with Crippen molar-refractivity contribution in [1.29, 1.82) is 0 Å². The van der Waals surface area contributed by atoms with Crippen molar-refractivity contribution in [2.24, 2.45) is 5.41 Å². The lowest BCUT2D eigenvalue weighted by atomic mass is 9.93. The Morgan fingerprint density at radius 3 is 2.37 bits per heavy atom. The molecule has 0 saturated heterocycles. The molecule has 0 saturated carbocycles. The van der Waals surface area contributed by atoms with Crippen LogP contribution < -0.4 is 5.73 Å². The highest BCUT2D eigenvalue weighted by atomic mass is 16.5. The summed E-state index contributed by atoms with van der Waals surface area (Å²) in [5.74, 6) is 0.0244. The van der Waals surface area contributed by atoms with Crippen molar-refractivity contribution in [3.8, 4) is 0 Å². The highest BCUT2D eigenvalue weighted by Crippen LogP contribution is 2.21. The second-order valence-electron chi connectivity index (χ2n) is 6.30. The van der Waals surface area contributed by atoms with Crippen LogP contribution in [-0.4, -0.2) is 12.6 Å². The normalized spacial score (nSPS) is 13.1. The maximum Gasteiger partial charge on any atom is 0.306 e. The molecule has 0 aliphatic heterocycles. The third-order valence-corrected chi connectivity index (χ3v) is 3.09. The van der Waals surface area contributed by atoms with Gasteiger partial charge in [0.15, 0.2) is 0 Å². The molecule has 2 N–H and O–H groups in total. The van der Waals surface area contributed by atoms with E-state index in [1.165, 1.54) is 0 Å². The Hall–Kier alpha value is -1.51. The van der Waals surface area contributed by atoms with Crippen LogP contribution in [0.4, 0.5) is 5.69 Å². The molecule has 19 heavy (non-hydrogen) atoms. The fraction of sp³-hybridized carbons (Fsp3) is 0.562. The van der Waals surface area contributed by atoms with Gasteiger partial charge in [0.2, 0.25) is 0 Å². The molecule has 1 unspecified atom stereocenters. The molecule has 1 aromatic rings. The SMILES string of the molecule is CC(CC(=O)OCCC(C)(C)C)c1ccc(N)cc1. The summed E-state index contributed by atoms with van der Waals surface area (Å²) >= 11 is 0. The molecule has 1 aromatic carbocycles. The molecule has 0 spiro atoms. The first-order valence-electron chi connectivity index (χ1n) is 6.79. The first-order chi connectivity index (χ1) is 8.78. The minimum Gasteiger partial charge on any atom is -0.466 e. The third-order valence-electron chi connectivity index (χ3n) is 3.09. The topological polar surface area (TPSA) is 52.3 Å². The zero-order valence-corrected chi connectivity index (χ0v) is 12.4. The van der Waals surface area contributed by atoms with Gasteiger partial charge in [0.1, 0.15) is 0 Å². The maximum atomic E-state index is 11.7. The van der Waals surface area contributed by atoms with Gasteiger partial charge in [0, 0.05) is 5.69 Å². The van der Waals surface area contributed by atoms with Gasteiger partial charge in [0.05, 0.1) is 13.0 Å². The fourth-order valence-corrected chi connectivity index (χ4v) is 1.72. The lowest BCUT2D eigenvalue weighted by Gasteiger charge is -2.18. The van der Waals surface area contributed by atoms with Crippen molar-refractivity contribution in [2.75, 3.05) is 12.3 Å². The number of carbonyl (C=O) groups is 1. The number of rotatable bonds is 5. The van der Waals surface area contributed by atoms with Gasteiger partial charge in [-0.05, 0) is 35.4 Å². The van der Waals surface area contributed by atoms with Crippen molar-refractivity contribution in [3.05, 3.63) is 29.8 Å². The van der Waals surface area contributed by atoms with E-state index in [1.54, 1.807) is 0 Å². The van der Waals surface area contributed by atoms with Gasteiger partial charge >= 0.3 is 5.97 Å². The van der Waals surface area contributed by atoms with Crippen LogP contribution in [0.3, 0.4) is 0 Å². The predicted octanol–water partition coefficient (Wildman–Crippen LogP) is 3.74. The summed E-state index contributed by atoms with van der Waals surface area (Å²) in [5, 5.41) is 0. The Kier molecular flexibility index (Phi) is 5.40. The third kappa shape index (κ3) is 6.27. The summed E-state index contributed by atoms with van der Waals surface area (Å²) in [6.07, 6.45) is 1.29. The maximum absolute atomic E-state index is 11.7. The summed E-state index contributed by atoms with van der Waals surface area (Å²) < 4.78 is 5.27. The van der Waals surface area contributed by atoms with Crippen LogP contribution in [0.1, 0.15) is 52.0 Å². The second-order valence-corrected chi connectivity index (χ2v) is 6.30. The van der Waals surface area contributed by atoms with Crippen LogP contribution in [0.2, 0.25) is 0 Å². The van der Waals surface area contributed by atoms with Gasteiger partial charge in [-0.2, -0.15) is 0 Å². The van der Waals surface area contributed by atoms with Gasteiger partial charge in [0.25, 0.3) is 0 Å². The van der Waals surface area contributed by atoms with E-state index < -0.39 is 0 Å². The van der Waals surface area contributed by atoms with Crippen LogP contribution >= 0.6 is 0 Å². The molecule has 0 radical (unpaired) electrons. The molecule has 0 fully saturated rings. The average molecular weight is 263 g/mol. The number of benzene rings is 1. The number of anilines is 1. The summed E-state index contributed by atoms with van der Waals surface area (Å²) in [6, 6.07) is 7.64. The Bertz CT molecular complexity index is 404. The Morgan fingerprint density at radius 1 is 1.26 bits per heavy atom. The molecule has 1 rings (SSSR count). The summed E-state index contributed by atoms with van der Waals surface area (Å²) in [6.45, 7) is 8.93. The molecule has 0 amide bonds. The Labute approximate surface area is 116 Å². The molecule has 0 bridgehead atoms. The van der Waals surface area contributed by atoms with E-state index in [0.717, 1.165) is 17.7 Å². The van der Waals surface area contributed by atoms with Gasteiger partial charge < -0.3 is 10.5 Å². The average Bonchev–Trinajstić information content (AvgIpc) is 2.27.